The molecule has 1 saturated heterocycles. The Morgan fingerprint density at radius 3 is 2.33 bits per heavy atom. The Kier molecular flexibility index (Phi) is 11.3. The Hall–Kier alpha value is -5.20. The zero-order valence-electron chi connectivity index (χ0n) is 28.5. The van der Waals surface area contributed by atoms with Crippen LogP contribution in [0.25, 0.3) is 10.9 Å². The summed E-state index contributed by atoms with van der Waals surface area (Å²) in [5.41, 5.74) is 0.376. The SMILES string of the molecule is C[C@@H](Oc1cc(Cn2c(=O)c3cc(OC(CF)CF)ccc3n(C3CCN(C=O)CC3)c2=O)ccc1OC1CCCC1)C(=O)Nc1ccccc1. The van der Waals surface area contributed by atoms with E-state index in [4.69, 9.17) is 14.2 Å². The third-order valence-electron chi connectivity index (χ3n) is 9.46. The van der Waals surface area contributed by atoms with Gasteiger partial charge in [0.05, 0.1) is 23.6 Å². The Labute approximate surface area is 293 Å². The first-order valence-corrected chi connectivity index (χ1v) is 17.4. The van der Waals surface area contributed by atoms with Crippen LogP contribution in [0.4, 0.5) is 14.5 Å². The van der Waals surface area contributed by atoms with E-state index in [-0.39, 0.29) is 35.7 Å². The molecule has 2 amide bonds. The summed E-state index contributed by atoms with van der Waals surface area (Å²) in [5, 5.41) is 2.98. The third kappa shape index (κ3) is 8.24. The molecule has 1 aliphatic carbocycles. The number of carbonyl (C=O) groups excluding carboxylic acids is 2. The van der Waals surface area contributed by atoms with Crippen LogP contribution in [0.1, 0.15) is 57.1 Å². The molecule has 270 valence electrons. The van der Waals surface area contributed by atoms with Gasteiger partial charge in [-0.3, -0.25) is 23.5 Å². The van der Waals surface area contributed by atoms with Crippen LogP contribution in [0.3, 0.4) is 0 Å². The molecular weight excluding hydrogens is 662 g/mol. The maximum atomic E-state index is 14.2. The number of hydrogen-bond donors (Lipinski definition) is 1. The second-order valence-electron chi connectivity index (χ2n) is 13.1. The van der Waals surface area contributed by atoms with Gasteiger partial charge in [-0.2, -0.15) is 0 Å². The van der Waals surface area contributed by atoms with Crippen molar-refractivity contribution < 1.29 is 32.6 Å². The molecule has 2 fully saturated rings. The van der Waals surface area contributed by atoms with Gasteiger partial charge in [0, 0.05) is 24.8 Å². The number of nitrogens with zero attached hydrogens (tertiary/aromatic N) is 3. The summed E-state index contributed by atoms with van der Waals surface area (Å²) in [6.45, 7) is 0.263. The minimum atomic E-state index is -1.33. The van der Waals surface area contributed by atoms with Crippen LogP contribution < -0.4 is 30.8 Å². The Balaban J connectivity index is 1.37. The van der Waals surface area contributed by atoms with Crippen molar-refractivity contribution in [2.75, 3.05) is 31.8 Å². The molecule has 1 aromatic heterocycles. The third-order valence-corrected chi connectivity index (χ3v) is 9.46. The maximum absolute atomic E-state index is 14.2. The number of para-hydroxylation sites is 1. The molecule has 2 aliphatic rings. The molecule has 13 heteroatoms. The van der Waals surface area contributed by atoms with E-state index in [1.807, 2.05) is 18.2 Å². The molecule has 6 rings (SSSR count). The van der Waals surface area contributed by atoms with Gasteiger partial charge < -0.3 is 24.4 Å². The second kappa shape index (κ2) is 16.2. The summed E-state index contributed by atoms with van der Waals surface area (Å²) in [6.07, 6.45) is 3.40. The van der Waals surface area contributed by atoms with Gasteiger partial charge in [-0.05, 0) is 93.5 Å². The number of nitrogens with one attached hydrogen (secondary N) is 1. The first kappa shape index (κ1) is 35.6. The highest BCUT2D eigenvalue weighted by atomic mass is 19.1. The van der Waals surface area contributed by atoms with Crippen LogP contribution in [0.2, 0.25) is 0 Å². The molecule has 11 nitrogen and oxygen atoms in total. The number of benzene rings is 3. The van der Waals surface area contributed by atoms with Crippen LogP contribution in [0, 0.1) is 0 Å². The van der Waals surface area contributed by atoms with Gasteiger partial charge >= 0.3 is 5.69 Å². The topological polar surface area (TPSA) is 121 Å². The number of rotatable bonds is 14. The van der Waals surface area contributed by atoms with Crippen LogP contribution in [-0.4, -0.2) is 71.1 Å². The van der Waals surface area contributed by atoms with Crippen molar-refractivity contribution in [2.45, 2.75) is 76.3 Å². The number of likely N-dealkylation sites (tertiary alicyclic amines) is 1. The highest BCUT2D eigenvalue weighted by molar-refractivity contribution is 5.94. The molecule has 1 aliphatic heterocycles. The lowest BCUT2D eigenvalue weighted by atomic mass is 10.0. The van der Waals surface area contributed by atoms with E-state index in [2.05, 4.69) is 5.32 Å². The molecule has 2 heterocycles. The second-order valence-corrected chi connectivity index (χ2v) is 13.1. The van der Waals surface area contributed by atoms with E-state index >= 15 is 0 Å². The maximum Gasteiger partial charge on any atom is 0.332 e. The van der Waals surface area contributed by atoms with Crippen molar-refractivity contribution in [3.63, 3.8) is 0 Å². The minimum Gasteiger partial charge on any atom is -0.487 e. The highest BCUT2D eigenvalue weighted by Gasteiger charge is 2.26. The van der Waals surface area contributed by atoms with Crippen molar-refractivity contribution in [3.8, 4) is 17.2 Å². The largest absolute Gasteiger partial charge is 0.487 e. The summed E-state index contributed by atoms with van der Waals surface area (Å²) in [6, 6.07) is 18.3. The average Bonchev–Trinajstić information content (AvgIpc) is 3.67. The van der Waals surface area contributed by atoms with E-state index in [1.165, 1.54) is 12.1 Å². The number of amides is 2. The van der Waals surface area contributed by atoms with E-state index in [9.17, 15) is 28.0 Å². The van der Waals surface area contributed by atoms with Gasteiger partial charge in [0.2, 0.25) is 6.41 Å². The van der Waals surface area contributed by atoms with Gasteiger partial charge in [0.15, 0.2) is 23.7 Å². The van der Waals surface area contributed by atoms with Crippen molar-refractivity contribution in [2.24, 2.45) is 0 Å². The predicted molar refractivity (Wildman–Crippen MR) is 188 cm³/mol. The normalized spacial score (nSPS) is 16.0. The molecule has 0 spiro atoms. The fourth-order valence-electron chi connectivity index (χ4n) is 6.69. The van der Waals surface area contributed by atoms with Crippen molar-refractivity contribution in [1.29, 1.82) is 0 Å². The standard InChI is InChI=1S/C38H42F2N4O7/c1-25(36(46)41-27-7-3-2-4-8-27)49-35-19-26(11-14-34(35)51-29-9-5-6-10-29)23-43-37(47)32-20-30(50-31(21-39)22-40)12-13-33(32)44(38(43)48)28-15-17-42(24-45)18-16-28/h2-4,7-8,11-14,19-20,24-25,28-29,31H,5-6,9-10,15-18,21-23H2,1H3,(H,41,46)/t25-/m1/s1. The number of hydrogen-bond acceptors (Lipinski definition) is 7. The lowest BCUT2D eigenvalue weighted by molar-refractivity contribution is -0.122. The lowest BCUT2D eigenvalue weighted by Gasteiger charge is -2.31. The first-order chi connectivity index (χ1) is 24.8. The van der Waals surface area contributed by atoms with Crippen LogP contribution in [0.15, 0.2) is 76.3 Å². The fourth-order valence-corrected chi connectivity index (χ4v) is 6.69. The summed E-state index contributed by atoms with van der Waals surface area (Å²) in [7, 11) is 0. The van der Waals surface area contributed by atoms with E-state index < -0.39 is 36.8 Å². The summed E-state index contributed by atoms with van der Waals surface area (Å²) in [5.74, 6) is 0.477. The van der Waals surface area contributed by atoms with Crippen LogP contribution in [0.5, 0.6) is 17.2 Å². The monoisotopic (exact) mass is 704 g/mol. The summed E-state index contributed by atoms with van der Waals surface area (Å²) in [4.78, 5) is 54.4. The molecule has 1 atom stereocenters. The van der Waals surface area contributed by atoms with Crippen molar-refractivity contribution in [1.82, 2.24) is 14.0 Å². The average molecular weight is 705 g/mol. The van der Waals surface area contributed by atoms with Gasteiger partial charge in [-0.25, -0.2) is 13.6 Å². The van der Waals surface area contributed by atoms with Gasteiger partial charge in [0.25, 0.3) is 11.5 Å². The molecular formula is C38H42F2N4O7. The zero-order valence-corrected chi connectivity index (χ0v) is 28.5. The molecule has 1 N–H and O–H groups in total. The Morgan fingerprint density at radius 2 is 1.65 bits per heavy atom. The first-order valence-electron chi connectivity index (χ1n) is 17.4. The van der Waals surface area contributed by atoms with Crippen molar-refractivity contribution >= 4 is 28.9 Å². The number of carbonyl (C=O) groups is 2. The number of anilines is 1. The molecule has 4 aromatic rings. The molecule has 0 radical (unpaired) electrons. The Bertz CT molecular complexity index is 1950. The fraction of sp³-hybridized carbons (Fsp3) is 0.421. The number of halogens is 2. The zero-order chi connectivity index (χ0) is 35.9. The van der Waals surface area contributed by atoms with Gasteiger partial charge in [-0.1, -0.05) is 24.3 Å². The van der Waals surface area contributed by atoms with Gasteiger partial charge in [0.1, 0.15) is 19.1 Å². The number of piperidine rings is 1. The highest BCUT2D eigenvalue weighted by Crippen LogP contribution is 2.34. The minimum absolute atomic E-state index is 0.00148. The van der Waals surface area contributed by atoms with E-state index in [0.29, 0.717) is 54.2 Å². The summed E-state index contributed by atoms with van der Waals surface area (Å²) >= 11 is 0. The molecule has 3 aromatic carbocycles. The van der Waals surface area contributed by atoms with Crippen LogP contribution in [-0.2, 0) is 16.1 Å². The van der Waals surface area contributed by atoms with Crippen LogP contribution >= 0.6 is 0 Å². The van der Waals surface area contributed by atoms with Gasteiger partial charge in [-0.15, -0.1) is 0 Å². The number of fused-ring (bicyclic) bond motifs is 1. The lowest BCUT2D eigenvalue weighted by Crippen LogP contribution is -2.44. The number of alkyl halides is 2. The molecule has 0 unspecified atom stereocenters. The summed E-state index contributed by atoms with van der Waals surface area (Å²) < 4.78 is 47.3. The Morgan fingerprint density at radius 1 is 0.922 bits per heavy atom. The quantitative estimate of drug-likeness (QED) is 0.174. The van der Waals surface area contributed by atoms with E-state index in [1.54, 1.807) is 52.8 Å². The molecule has 0 bridgehead atoms. The van der Waals surface area contributed by atoms with Crippen molar-refractivity contribution in [3.05, 3.63) is 93.1 Å². The van der Waals surface area contributed by atoms with E-state index in [0.717, 1.165) is 36.7 Å². The molecule has 51 heavy (non-hydrogen) atoms. The predicted octanol–water partition coefficient (Wildman–Crippen LogP) is 5.42. The number of ether oxygens (including phenoxy) is 3. The molecule has 1 saturated carbocycles. The number of aromatic nitrogens is 2. The smallest absolute Gasteiger partial charge is 0.332 e.